The second-order valence-electron chi connectivity index (χ2n) is 5.12. The number of carbonyl (C=O) groups is 1. The normalized spacial score (nSPS) is 13.5. The molecule has 0 bridgehead atoms. The van der Waals surface area contributed by atoms with Gasteiger partial charge in [0.05, 0.1) is 10.9 Å². The first-order valence-electron chi connectivity index (χ1n) is 5.62. The monoisotopic (exact) mass is 256 g/mol. The number of rotatable bonds is 3. The van der Waals surface area contributed by atoms with Crippen molar-refractivity contribution in [3.8, 4) is 0 Å². The molecule has 1 aromatic rings. The Balaban J connectivity index is 2.60. The molecule has 0 aliphatic heterocycles. The molecule has 0 spiro atoms. The van der Waals surface area contributed by atoms with E-state index in [4.69, 9.17) is 4.42 Å². The Labute approximate surface area is 107 Å². The van der Waals surface area contributed by atoms with Gasteiger partial charge in [0, 0.05) is 5.54 Å². The third-order valence-electron chi connectivity index (χ3n) is 2.15. The number of thioether (sulfide) groups is 1. The SMILES string of the molecule is Cc1nc(SC(C)C(=O)NC(C)(C)C)oc1C. The van der Waals surface area contributed by atoms with Crippen LogP contribution in [0, 0.1) is 13.8 Å². The lowest BCUT2D eigenvalue weighted by molar-refractivity contribution is -0.121. The lowest BCUT2D eigenvalue weighted by Gasteiger charge is -2.22. The highest BCUT2D eigenvalue weighted by Crippen LogP contribution is 2.24. The third kappa shape index (κ3) is 4.42. The summed E-state index contributed by atoms with van der Waals surface area (Å²) in [4.78, 5) is 16.1. The highest BCUT2D eigenvalue weighted by atomic mass is 32.2. The molecule has 1 atom stereocenters. The van der Waals surface area contributed by atoms with Crippen LogP contribution in [-0.2, 0) is 4.79 Å². The van der Waals surface area contributed by atoms with Crippen LogP contribution in [0.5, 0.6) is 0 Å². The maximum Gasteiger partial charge on any atom is 0.256 e. The molecule has 0 aliphatic carbocycles. The van der Waals surface area contributed by atoms with Gasteiger partial charge >= 0.3 is 0 Å². The highest BCUT2D eigenvalue weighted by Gasteiger charge is 2.22. The van der Waals surface area contributed by atoms with E-state index >= 15 is 0 Å². The number of nitrogens with one attached hydrogen (secondary N) is 1. The average Bonchev–Trinajstić information content (AvgIpc) is 2.42. The second-order valence-corrected chi connectivity index (χ2v) is 6.41. The van der Waals surface area contributed by atoms with E-state index < -0.39 is 0 Å². The molecule has 1 heterocycles. The number of aryl methyl sites for hydroxylation is 2. The van der Waals surface area contributed by atoms with Crippen molar-refractivity contribution in [2.24, 2.45) is 0 Å². The molecular formula is C12H20N2O2S. The molecule has 0 fully saturated rings. The minimum absolute atomic E-state index is 0.00370. The summed E-state index contributed by atoms with van der Waals surface area (Å²) < 4.78 is 5.44. The molecule has 1 unspecified atom stereocenters. The fourth-order valence-electron chi connectivity index (χ4n) is 1.17. The van der Waals surface area contributed by atoms with Crippen molar-refractivity contribution in [1.82, 2.24) is 10.3 Å². The first kappa shape index (κ1) is 14.1. The van der Waals surface area contributed by atoms with Gasteiger partial charge < -0.3 is 9.73 Å². The lowest BCUT2D eigenvalue weighted by atomic mass is 10.1. The summed E-state index contributed by atoms with van der Waals surface area (Å²) in [5, 5.41) is 3.27. The number of hydrogen-bond donors (Lipinski definition) is 1. The molecule has 17 heavy (non-hydrogen) atoms. The average molecular weight is 256 g/mol. The molecule has 96 valence electrons. The first-order chi connectivity index (χ1) is 7.69. The van der Waals surface area contributed by atoms with E-state index in [0.29, 0.717) is 5.22 Å². The van der Waals surface area contributed by atoms with Gasteiger partial charge in [-0.2, -0.15) is 0 Å². The molecule has 0 radical (unpaired) electrons. The van der Waals surface area contributed by atoms with E-state index in [1.807, 2.05) is 41.5 Å². The Bertz CT molecular complexity index is 388. The van der Waals surface area contributed by atoms with Gasteiger partial charge in [0.25, 0.3) is 5.22 Å². The minimum Gasteiger partial charge on any atom is -0.437 e. The van der Waals surface area contributed by atoms with E-state index in [9.17, 15) is 4.79 Å². The summed E-state index contributed by atoms with van der Waals surface area (Å²) in [5.74, 6) is 0.798. The largest absolute Gasteiger partial charge is 0.437 e. The van der Waals surface area contributed by atoms with Gasteiger partial charge in [0.15, 0.2) is 0 Å². The van der Waals surface area contributed by atoms with Crippen molar-refractivity contribution >= 4 is 17.7 Å². The summed E-state index contributed by atoms with van der Waals surface area (Å²) in [6.45, 7) is 11.5. The molecule has 4 nitrogen and oxygen atoms in total. The van der Waals surface area contributed by atoms with Crippen molar-refractivity contribution in [2.75, 3.05) is 0 Å². The topological polar surface area (TPSA) is 55.1 Å². The number of amides is 1. The summed E-state index contributed by atoms with van der Waals surface area (Å²) in [7, 11) is 0. The first-order valence-corrected chi connectivity index (χ1v) is 6.50. The molecule has 1 amide bonds. The van der Waals surface area contributed by atoms with Gasteiger partial charge in [0.2, 0.25) is 5.91 Å². The second kappa shape index (κ2) is 5.12. The zero-order chi connectivity index (χ0) is 13.2. The smallest absolute Gasteiger partial charge is 0.256 e. The summed E-state index contributed by atoms with van der Waals surface area (Å²) in [6, 6.07) is 0. The quantitative estimate of drug-likeness (QED) is 0.845. The van der Waals surface area contributed by atoms with E-state index in [1.165, 1.54) is 11.8 Å². The fourth-order valence-corrected chi connectivity index (χ4v) is 2.00. The van der Waals surface area contributed by atoms with Crippen LogP contribution in [0.4, 0.5) is 0 Å². The Morgan fingerprint density at radius 2 is 2.00 bits per heavy atom. The van der Waals surface area contributed by atoms with Gasteiger partial charge in [-0.3, -0.25) is 4.79 Å². The van der Waals surface area contributed by atoms with E-state index in [1.54, 1.807) is 0 Å². The van der Waals surface area contributed by atoms with Crippen LogP contribution < -0.4 is 5.32 Å². The van der Waals surface area contributed by atoms with Gasteiger partial charge in [-0.1, -0.05) is 11.8 Å². The van der Waals surface area contributed by atoms with Crippen LogP contribution in [0.2, 0.25) is 0 Å². The minimum atomic E-state index is -0.216. The molecular weight excluding hydrogens is 236 g/mol. The Kier molecular flexibility index (Phi) is 4.25. The predicted octanol–water partition coefficient (Wildman–Crippen LogP) is 2.69. The van der Waals surface area contributed by atoms with Gasteiger partial charge in [0.1, 0.15) is 5.76 Å². The molecule has 0 saturated carbocycles. The van der Waals surface area contributed by atoms with Crippen molar-refractivity contribution in [3.63, 3.8) is 0 Å². The van der Waals surface area contributed by atoms with Crippen molar-refractivity contribution in [1.29, 1.82) is 0 Å². The maximum atomic E-state index is 11.9. The van der Waals surface area contributed by atoms with Crippen LogP contribution >= 0.6 is 11.8 Å². The summed E-state index contributed by atoms with van der Waals surface area (Å²) in [5.41, 5.74) is 0.657. The zero-order valence-corrected chi connectivity index (χ0v) is 12.1. The molecule has 5 heteroatoms. The van der Waals surface area contributed by atoms with Gasteiger partial charge in [-0.25, -0.2) is 4.98 Å². The maximum absolute atomic E-state index is 11.9. The van der Waals surface area contributed by atoms with Crippen LogP contribution in [0.3, 0.4) is 0 Å². The molecule has 1 N–H and O–H groups in total. The van der Waals surface area contributed by atoms with E-state index in [2.05, 4.69) is 10.3 Å². The lowest BCUT2D eigenvalue weighted by Crippen LogP contribution is -2.44. The summed E-state index contributed by atoms with van der Waals surface area (Å²) >= 11 is 1.34. The fraction of sp³-hybridized carbons (Fsp3) is 0.667. The predicted molar refractivity (Wildman–Crippen MR) is 69.2 cm³/mol. The summed E-state index contributed by atoms with van der Waals surface area (Å²) in [6.07, 6.45) is 0. The number of aromatic nitrogens is 1. The van der Waals surface area contributed by atoms with E-state index in [-0.39, 0.29) is 16.7 Å². The van der Waals surface area contributed by atoms with Crippen molar-refractivity contribution < 1.29 is 9.21 Å². The number of nitrogens with zero attached hydrogens (tertiary/aromatic N) is 1. The molecule has 1 rings (SSSR count). The van der Waals surface area contributed by atoms with E-state index in [0.717, 1.165) is 11.5 Å². The van der Waals surface area contributed by atoms with Crippen LogP contribution in [0.1, 0.15) is 39.1 Å². The zero-order valence-electron chi connectivity index (χ0n) is 11.2. The van der Waals surface area contributed by atoms with Crippen molar-refractivity contribution in [2.45, 2.75) is 57.6 Å². The standard InChI is InChI=1S/C12H20N2O2S/c1-7-8(2)16-11(13-7)17-9(3)10(15)14-12(4,5)6/h9H,1-6H3,(H,14,15). The Hall–Kier alpha value is -0.970. The van der Waals surface area contributed by atoms with Gasteiger partial charge in [-0.15, -0.1) is 0 Å². The Morgan fingerprint density at radius 3 is 2.41 bits per heavy atom. The number of hydrogen-bond acceptors (Lipinski definition) is 4. The molecule has 0 aliphatic rings. The highest BCUT2D eigenvalue weighted by molar-refractivity contribution is 8.00. The third-order valence-corrected chi connectivity index (χ3v) is 3.10. The van der Waals surface area contributed by atoms with Crippen LogP contribution in [0.15, 0.2) is 9.64 Å². The Morgan fingerprint density at radius 1 is 1.41 bits per heavy atom. The van der Waals surface area contributed by atoms with Crippen LogP contribution in [0.25, 0.3) is 0 Å². The molecule has 0 aromatic carbocycles. The molecule has 0 saturated heterocycles. The van der Waals surface area contributed by atoms with Crippen LogP contribution in [-0.4, -0.2) is 21.7 Å². The van der Waals surface area contributed by atoms with Gasteiger partial charge in [-0.05, 0) is 41.5 Å². The number of carbonyl (C=O) groups excluding carboxylic acids is 1. The molecule has 1 aromatic heterocycles. The number of oxazole rings is 1. The van der Waals surface area contributed by atoms with Crippen molar-refractivity contribution in [3.05, 3.63) is 11.5 Å².